The van der Waals surface area contributed by atoms with E-state index in [1.165, 1.54) is 12.1 Å². The molecule has 0 radical (unpaired) electrons. The summed E-state index contributed by atoms with van der Waals surface area (Å²) in [6.45, 7) is 3.39. The van der Waals surface area contributed by atoms with E-state index in [9.17, 15) is 18.0 Å². The third-order valence-electron chi connectivity index (χ3n) is 6.15. The van der Waals surface area contributed by atoms with Gasteiger partial charge in [-0.1, -0.05) is 24.3 Å². The highest BCUT2D eigenvalue weighted by Crippen LogP contribution is 2.32. The normalized spacial score (nSPS) is 16.1. The van der Waals surface area contributed by atoms with Crippen molar-refractivity contribution in [3.8, 4) is 11.3 Å². The predicted octanol–water partition coefficient (Wildman–Crippen LogP) is 4.02. The lowest BCUT2D eigenvalue weighted by Gasteiger charge is -2.36. The number of alkyl halides is 3. The highest BCUT2D eigenvalue weighted by atomic mass is 19.4. The number of carbonyl (C=O) groups is 1. The summed E-state index contributed by atoms with van der Waals surface area (Å²) in [6, 6.07) is 15.1. The predicted molar refractivity (Wildman–Crippen MR) is 136 cm³/mol. The number of rotatable bonds is 4. The number of aryl methyl sites for hydroxylation is 1. The van der Waals surface area contributed by atoms with E-state index in [2.05, 4.69) is 25.6 Å². The average Bonchev–Trinajstić information content (AvgIpc) is 2.87. The number of nitrogens with zero attached hydrogens (tertiary/aromatic N) is 4. The molecule has 5 rings (SSSR count). The van der Waals surface area contributed by atoms with Crippen molar-refractivity contribution in [3.63, 3.8) is 0 Å². The number of halogens is 3. The maximum absolute atomic E-state index is 13.3. The van der Waals surface area contributed by atoms with Crippen LogP contribution in [0.3, 0.4) is 0 Å². The Balaban J connectivity index is 1.52. The number of piperazine rings is 1. The molecule has 3 heterocycles. The van der Waals surface area contributed by atoms with Gasteiger partial charge >= 0.3 is 6.18 Å². The van der Waals surface area contributed by atoms with Gasteiger partial charge in [-0.15, -0.1) is 0 Å². The average molecular weight is 508 g/mol. The summed E-state index contributed by atoms with van der Waals surface area (Å²) in [5.41, 5.74) is 8.79. The number of nitrogen functional groups attached to an aromatic ring is 1. The summed E-state index contributed by atoms with van der Waals surface area (Å²) in [6.07, 6.45) is -4.43. The van der Waals surface area contributed by atoms with Crippen LogP contribution in [0, 0.1) is 6.92 Å². The zero-order valence-electron chi connectivity index (χ0n) is 19.9. The largest absolute Gasteiger partial charge is 0.416 e. The lowest BCUT2D eigenvalue weighted by molar-refractivity contribution is -0.137. The van der Waals surface area contributed by atoms with Crippen molar-refractivity contribution in [2.75, 3.05) is 35.6 Å². The summed E-state index contributed by atoms with van der Waals surface area (Å²) in [4.78, 5) is 28.5. The van der Waals surface area contributed by atoms with E-state index in [0.29, 0.717) is 53.4 Å². The van der Waals surface area contributed by atoms with Gasteiger partial charge < -0.3 is 21.3 Å². The van der Waals surface area contributed by atoms with E-state index >= 15 is 0 Å². The molecule has 1 aliphatic heterocycles. The van der Waals surface area contributed by atoms with Gasteiger partial charge in [0.1, 0.15) is 11.6 Å². The maximum atomic E-state index is 13.3. The minimum atomic E-state index is -4.43. The molecule has 37 heavy (non-hydrogen) atoms. The van der Waals surface area contributed by atoms with Gasteiger partial charge in [-0.05, 0) is 48.9 Å². The zero-order valence-corrected chi connectivity index (χ0v) is 19.9. The molecule has 2 aromatic heterocycles. The molecule has 0 bridgehead atoms. The highest BCUT2D eigenvalue weighted by molar-refractivity contribution is 5.99. The molecule has 0 aliphatic carbocycles. The van der Waals surface area contributed by atoms with E-state index in [4.69, 9.17) is 5.73 Å². The maximum Gasteiger partial charge on any atom is 0.416 e. The van der Waals surface area contributed by atoms with Crippen LogP contribution in [0.2, 0.25) is 0 Å². The molecular weight excluding hydrogens is 483 g/mol. The van der Waals surface area contributed by atoms with Crippen LogP contribution < -0.4 is 21.3 Å². The summed E-state index contributed by atoms with van der Waals surface area (Å²) in [5, 5.41) is 6.20. The third kappa shape index (κ3) is 5.17. The second-order valence-electron chi connectivity index (χ2n) is 8.82. The van der Waals surface area contributed by atoms with Gasteiger partial charge in [0.15, 0.2) is 5.82 Å². The topological polar surface area (TPSA) is 109 Å². The first-order chi connectivity index (χ1) is 17.7. The Morgan fingerprint density at radius 2 is 1.86 bits per heavy atom. The number of nitrogens with two attached hydrogens (primary N) is 1. The Bertz CT molecular complexity index is 1460. The molecule has 1 amide bonds. The van der Waals surface area contributed by atoms with Gasteiger partial charge in [0.2, 0.25) is 11.9 Å². The van der Waals surface area contributed by atoms with Crippen LogP contribution in [-0.4, -0.2) is 46.5 Å². The summed E-state index contributed by atoms with van der Waals surface area (Å²) in [5.74, 6) is 0.201. The number of aromatic nitrogens is 3. The van der Waals surface area contributed by atoms with Crippen molar-refractivity contribution >= 4 is 34.4 Å². The van der Waals surface area contributed by atoms with E-state index in [1.807, 2.05) is 36.1 Å². The fourth-order valence-electron chi connectivity index (χ4n) is 4.35. The van der Waals surface area contributed by atoms with Crippen LogP contribution in [0.1, 0.15) is 11.1 Å². The van der Waals surface area contributed by atoms with Crippen LogP contribution in [0.25, 0.3) is 22.3 Å². The lowest BCUT2D eigenvalue weighted by Crippen LogP contribution is -2.57. The van der Waals surface area contributed by atoms with E-state index in [-0.39, 0.29) is 11.9 Å². The number of hydrogen-bond acceptors (Lipinski definition) is 7. The minimum Gasteiger partial charge on any atom is -0.368 e. The molecule has 1 aliphatic rings. The molecule has 1 unspecified atom stereocenters. The number of amides is 1. The molecule has 0 saturated carbocycles. The van der Waals surface area contributed by atoms with Crippen molar-refractivity contribution in [3.05, 3.63) is 71.8 Å². The highest BCUT2D eigenvalue weighted by Gasteiger charge is 2.32. The number of hydrogen-bond donors (Lipinski definition) is 3. The number of anilines is 3. The van der Waals surface area contributed by atoms with Crippen LogP contribution in [-0.2, 0) is 11.0 Å². The van der Waals surface area contributed by atoms with Gasteiger partial charge in [0, 0.05) is 30.9 Å². The second kappa shape index (κ2) is 9.66. The fourth-order valence-corrected chi connectivity index (χ4v) is 4.35. The van der Waals surface area contributed by atoms with Crippen molar-refractivity contribution in [1.82, 2.24) is 20.3 Å². The van der Waals surface area contributed by atoms with Gasteiger partial charge in [-0.25, -0.2) is 9.97 Å². The molecule has 4 N–H and O–H groups in total. The number of pyridine rings is 1. The molecule has 1 fully saturated rings. The SMILES string of the molecule is Cc1cccc(NC(=O)C2CNCCN2c2nc(N)nc3ccc(-c4ccc(C(F)(F)F)cc4)nc23)c1. The quantitative estimate of drug-likeness (QED) is 0.383. The van der Waals surface area contributed by atoms with Crippen LogP contribution in [0.5, 0.6) is 0 Å². The Labute approximate surface area is 210 Å². The van der Waals surface area contributed by atoms with E-state index in [0.717, 1.165) is 17.7 Å². The van der Waals surface area contributed by atoms with Gasteiger partial charge in [0.25, 0.3) is 0 Å². The zero-order chi connectivity index (χ0) is 26.2. The molecule has 1 atom stereocenters. The molecular formula is C26H24F3N7O. The molecule has 190 valence electrons. The van der Waals surface area contributed by atoms with Crippen LogP contribution in [0.15, 0.2) is 60.7 Å². The smallest absolute Gasteiger partial charge is 0.368 e. The van der Waals surface area contributed by atoms with Crippen LogP contribution >= 0.6 is 0 Å². The van der Waals surface area contributed by atoms with Crippen molar-refractivity contribution in [1.29, 1.82) is 0 Å². The Morgan fingerprint density at radius 3 is 2.59 bits per heavy atom. The minimum absolute atomic E-state index is 0.0305. The Kier molecular flexibility index (Phi) is 6.38. The number of benzene rings is 2. The van der Waals surface area contributed by atoms with E-state index < -0.39 is 17.8 Å². The Morgan fingerprint density at radius 1 is 1.08 bits per heavy atom. The fraction of sp³-hybridized carbons (Fsp3) is 0.231. The van der Waals surface area contributed by atoms with Crippen molar-refractivity contribution < 1.29 is 18.0 Å². The summed E-state index contributed by atoms with van der Waals surface area (Å²) < 4.78 is 39.0. The summed E-state index contributed by atoms with van der Waals surface area (Å²) in [7, 11) is 0. The van der Waals surface area contributed by atoms with Gasteiger partial charge in [0.05, 0.1) is 16.8 Å². The Hall–Kier alpha value is -4.25. The number of carbonyl (C=O) groups excluding carboxylic acids is 1. The first-order valence-electron chi connectivity index (χ1n) is 11.7. The van der Waals surface area contributed by atoms with Crippen molar-refractivity contribution in [2.45, 2.75) is 19.1 Å². The summed E-state index contributed by atoms with van der Waals surface area (Å²) >= 11 is 0. The van der Waals surface area contributed by atoms with Crippen molar-refractivity contribution in [2.24, 2.45) is 0 Å². The van der Waals surface area contributed by atoms with Crippen LogP contribution in [0.4, 0.5) is 30.6 Å². The van der Waals surface area contributed by atoms with E-state index in [1.54, 1.807) is 12.1 Å². The standard InChI is InChI=1S/C26H24F3N7O/c1-15-3-2-4-18(13-15)32-24(37)21-14-31-11-12-36(21)23-22-20(34-25(30)35-23)10-9-19(33-22)16-5-7-17(8-6-16)26(27,28)29/h2-10,13,21,31H,11-12,14H2,1H3,(H,32,37)(H2,30,34,35). The molecule has 1 saturated heterocycles. The first-order valence-corrected chi connectivity index (χ1v) is 11.7. The lowest BCUT2D eigenvalue weighted by atomic mass is 10.1. The monoisotopic (exact) mass is 507 g/mol. The van der Waals surface area contributed by atoms with Gasteiger partial charge in [-0.2, -0.15) is 18.2 Å². The second-order valence-corrected chi connectivity index (χ2v) is 8.82. The molecule has 2 aromatic carbocycles. The molecule has 0 spiro atoms. The third-order valence-corrected chi connectivity index (χ3v) is 6.15. The number of fused-ring (bicyclic) bond motifs is 1. The van der Waals surface area contributed by atoms with Gasteiger partial charge in [-0.3, -0.25) is 4.79 Å². The number of nitrogens with one attached hydrogen (secondary N) is 2. The molecule has 11 heteroatoms. The molecule has 4 aromatic rings. The first kappa shape index (κ1) is 24.4. The molecule has 8 nitrogen and oxygen atoms in total.